The molecule has 0 saturated heterocycles. The van der Waals surface area contributed by atoms with Crippen LogP contribution in [-0.4, -0.2) is 15.9 Å². The molecule has 2 aromatic carbocycles. The summed E-state index contributed by atoms with van der Waals surface area (Å²) in [6.45, 7) is 9.53. The number of halogens is 1. The Kier molecular flexibility index (Phi) is 5.61. The molecule has 6 atom stereocenters. The lowest BCUT2D eigenvalue weighted by Gasteiger charge is -2.50. The SMILES string of the molecule is [C-]#[N+]c1ccc2c(c1F)CCC1C2CC(C)C2C1CC[C@@]2(O)Cc1ccc(-c2ccc[n+](O)c2)cc1. The summed E-state index contributed by atoms with van der Waals surface area (Å²) in [4.78, 5) is 3.37. The van der Waals surface area contributed by atoms with Crippen molar-refractivity contribution >= 4 is 5.69 Å². The Morgan fingerprint density at radius 3 is 2.64 bits per heavy atom. The number of nitrogens with zero attached hydrogens (tertiary/aromatic N) is 2. The Labute approximate surface area is 211 Å². The van der Waals surface area contributed by atoms with Gasteiger partial charge in [0.2, 0.25) is 18.1 Å². The predicted molar refractivity (Wildman–Crippen MR) is 135 cm³/mol. The highest BCUT2D eigenvalue weighted by molar-refractivity contribution is 5.61. The Morgan fingerprint density at radius 1 is 1.08 bits per heavy atom. The minimum atomic E-state index is -0.725. The summed E-state index contributed by atoms with van der Waals surface area (Å²) in [5.41, 5.74) is 4.38. The van der Waals surface area contributed by atoms with E-state index in [2.05, 4.69) is 36.0 Å². The van der Waals surface area contributed by atoms with Gasteiger partial charge in [0.15, 0.2) is 0 Å². The third-order valence-electron chi connectivity index (χ3n) is 9.39. The molecule has 4 nitrogen and oxygen atoms in total. The van der Waals surface area contributed by atoms with Gasteiger partial charge in [-0.25, -0.2) is 9.24 Å². The molecule has 1 heterocycles. The van der Waals surface area contributed by atoms with Crippen LogP contribution in [0, 0.1) is 36.1 Å². The van der Waals surface area contributed by atoms with Crippen LogP contribution >= 0.6 is 0 Å². The van der Waals surface area contributed by atoms with Gasteiger partial charge in [-0.3, -0.25) is 5.21 Å². The topological polar surface area (TPSA) is 48.7 Å². The fraction of sp³-hybridized carbons (Fsp3) is 0.419. The quantitative estimate of drug-likeness (QED) is 0.263. The zero-order valence-electron chi connectivity index (χ0n) is 20.6. The van der Waals surface area contributed by atoms with Crippen molar-refractivity contribution in [2.75, 3.05) is 0 Å². The Balaban J connectivity index is 1.24. The second-order valence-corrected chi connectivity index (χ2v) is 11.3. The third-order valence-corrected chi connectivity index (χ3v) is 9.39. The van der Waals surface area contributed by atoms with Crippen LogP contribution in [0.25, 0.3) is 16.0 Å². The largest absolute Gasteiger partial charge is 0.389 e. The monoisotopic (exact) mass is 483 g/mol. The molecule has 2 N–H and O–H groups in total. The molecular formula is C31H32FN2O2+. The van der Waals surface area contributed by atoms with Crippen molar-refractivity contribution < 1.29 is 19.4 Å². The first-order valence-electron chi connectivity index (χ1n) is 13.1. The highest BCUT2D eigenvalue weighted by atomic mass is 19.1. The summed E-state index contributed by atoms with van der Waals surface area (Å²) in [6.07, 6.45) is 8.33. The summed E-state index contributed by atoms with van der Waals surface area (Å²) in [7, 11) is 0. The van der Waals surface area contributed by atoms with Gasteiger partial charge < -0.3 is 5.11 Å². The van der Waals surface area contributed by atoms with E-state index in [1.807, 2.05) is 18.2 Å². The van der Waals surface area contributed by atoms with E-state index in [-0.39, 0.29) is 17.4 Å². The van der Waals surface area contributed by atoms with Crippen LogP contribution in [0.3, 0.4) is 0 Å². The number of hydrogen-bond acceptors (Lipinski definition) is 2. The normalized spacial score (nSPS) is 30.7. The predicted octanol–water partition coefficient (Wildman–Crippen LogP) is 6.25. The second-order valence-electron chi connectivity index (χ2n) is 11.3. The zero-order valence-corrected chi connectivity index (χ0v) is 20.6. The average Bonchev–Trinajstić information content (AvgIpc) is 3.22. The number of aliphatic hydroxyl groups is 1. The number of pyridine rings is 1. The number of hydrogen-bond donors (Lipinski definition) is 2. The second kappa shape index (κ2) is 8.71. The van der Waals surface area contributed by atoms with Crippen LogP contribution in [0.2, 0.25) is 0 Å². The molecule has 184 valence electrons. The smallest absolute Gasteiger partial charge is 0.230 e. The molecule has 2 fully saturated rings. The fourth-order valence-electron chi connectivity index (χ4n) is 8.02. The first kappa shape index (κ1) is 23.2. The Morgan fingerprint density at radius 2 is 1.89 bits per heavy atom. The number of aromatic nitrogens is 1. The molecule has 0 radical (unpaired) electrons. The summed E-state index contributed by atoms with van der Waals surface area (Å²) >= 11 is 0. The van der Waals surface area contributed by atoms with Crippen molar-refractivity contribution in [3.05, 3.63) is 94.8 Å². The first-order valence-corrected chi connectivity index (χ1v) is 13.1. The molecule has 0 spiro atoms. The van der Waals surface area contributed by atoms with Crippen molar-refractivity contribution in [3.8, 4) is 11.1 Å². The number of fused-ring (bicyclic) bond motifs is 5. The minimum Gasteiger partial charge on any atom is -0.389 e. The fourth-order valence-corrected chi connectivity index (χ4v) is 8.02. The summed E-state index contributed by atoms with van der Waals surface area (Å²) in [5, 5.41) is 21.7. The van der Waals surface area contributed by atoms with E-state index in [1.54, 1.807) is 18.5 Å². The maximum Gasteiger partial charge on any atom is 0.230 e. The van der Waals surface area contributed by atoms with E-state index in [9.17, 15) is 14.7 Å². The lowest BCUT2D eigenvalue weighted by Crippen LogP contribution is -2.47. The molecule has 5 heteroatoms. The molecule has 3 aliphatic rings. The minimum absolute atomic E-state index is 0.137. The van der Waals surface area contributed by atoms with Crippen molar-refractivity contribution in [3.63, 3.8) is 0 Å². The molecule has 0 aliphatic heterocycles. The van der Waals surface area contributed by atoms with E-state index in [0.717, 1.165) is 58.2 Å². The van der Waals surface area contributed by atoms with Crippen LogP contribution in [-0.2, 0) is 12.8 Å². The van der Waals surface area contributed by atoms with E-state index in [0.29, 0.717) is 36.5 Å². The molecule has 3 aromatic rings. The van der Waals surface area contributed by atoms with Gasteiger partial charge in [0, 0.05) is 17.2 Å². The van der Waals surface area contributed by atoms with Crippen molar-refractivity contribution in [2.24, 2.45) is 23.7 Å². The van der Waals surface area contributed by atoms with Gasteiger partial charge in [-0.05, 0) is 90.0 Å². The molecule has 3 aliphatic carbocycles. The summed E-state index contributed by atoms with van der Waals surface area (Å²) in [5.74, 6) is 1.52. The van der Waals surface area contributed by atoms with Crippen LogP contribution in [0.1, 0.15) is 55.2 Å². The van der Waals surface area contributed by atoms with Gasteiger partial charge in [-0.1, -0.05) is 43.3 Å². The van der Waals surface area contributed by atoms with Gasteiger partial charge in [0.25, 0.3) is 0 Å². The van der Waals surface area contributed by atoms with Crippen LogP contribution in [0.15, 0.2) is 60.9 Å². The highest BCUT2D eigenvalue weighted by Gasteiger charge is 2.56. The molecule has 36 heavy (non-hydrogen) atoms. The Hall–Kier alpha value is -3.23. The average molecular weight is 484 g/mol. The zero-order chi connectivity index (χ0) is 25.0. The molecule has 5 unspecified atom stereocenters. The van der Waals surface area contributed by atoms with Gasteiger partial charge in [0.1, 0.15) is 5.82 Å². The van der Waals surface area contributed by atoms with Crippen LogP contribution < -0.4 is 4.73 Å². The molecule has 0 amide bonds. The molecule has 0 bridgehead atoms. The number of rotatable bonds is 3. The molecular weight excluding hydrogens is 451 g/mol. The maximum atomic E-state index is 14.9. The highest BCUT2D eigenvalue weighted by Crippen LogP contribution is 2.60. The molecule has 6 rings (SSSR count). The van der Waals surface area contributed by atoms with Crippen molar-refractivity contribution in [2.45, 2.75) is 57.0 Å². The van der Waals surface area contributed by atoms with Crippen molar-refractivity contribution in [1.29, 1.82) is 0 Å². The van der Waals surface area contributed by atoms with Crippen LogP contribution in [0.4, 0.5) is 10.1 Å². The van der Waals surface area contributed by atoms with E-state index in [1.165, 1.54) is 0 Å². The molecule has 1 aromatic heterocycles. The number of benzene rings is 2. The van der Waals surface area contributed by atoms with E-state index in [4.69, 9.17) is 6.57 Å². The van der Waals surface area contributed by atoms with Crippen LogP contribution in [0.5, 0.6) is 0 Å². The Bertz CT molecular complexity index is 1350. The van der Waals surface area contributed by atoms with Gasteiger partial charge in [0.05, 0.1) is 17.7 Å². The van der Waals surface area contributed by atoms with Gasteiger partial charge >= 0.3 is 0 Å². The summed E-state index contributed by atoms with van der Waals surface area (Å²) < 4.78 is 16.0. The maximum absolute atomic E-state index is 14.9. The lowest BCUT2D eigenvalue weighted by molar-refractivity contribution is -0.904. The standard InChI is InChI=1S/C31H32FN2O2/c1-19-16-27-23(9-10-26-24(27)11-12-28(33-2)30(26)32)25-13-14-31(35,29(19)25)17-20-5-7-21(8-6-20)22-4-3-15-34(36)18-22/h3-8,11-12,15,18-19,23,25,27,29,35-36H,9-10,13-14,16-17H2,1H3/q+1/t19?,23?,25?,27?,29?,31-/m1/s1. The van der Waals surface area contributed by atoms with Gasteiger partial charge in [-0.2, -0.15) is 0 Å². The van der Waals surface area contributed by atoms with E-state index >= 15 is 0 Å². The first-order chi connectivity index (χ1) is 17.4. The molecule has 2 saturated carbocycles. The lowest BCUT2D eigenvalue weighted by atomic mass is 9.56. The van der Waals surface area contributed by atoms with Crippen molar-refractivity contribution in [1.82, 2.24) is 0 Å². The summed E-state index contributed by atoms with van der Waals surface area (Å²) in [6, 6.07) is 15.8. The van der Waals surface area contributed by atoms with Gasteiger partial charge in [-0.15, -0.1) is 0 Å². The van der Waals surface area contributed by atoms with E-state index < -0.39 is 5.60 Å². The third kappa shape index (κ3) is 3.71.